The quantitative estimate of drug-likeness (QED) is 0.398. The highest BCUT2D eigenvalue weighted by Crippen LogP contribution is 2.32. The van der Waals surface area contributed by atoms with Gasteiger partial charge in [-0.2, -0.15) is 18.3 Å². The van der Waals surface area contributed by atoms with Crippen LogP contribution in [0.25, 0.3) is 21.1 Å². The van der Waals surface area contributed by atoms with Crippen molar-refractivity contribution in [3.05, 3.63) is 64.4 Å². The molecule has 0 aliphatic rings. The van der Waals surface area contributed by atoms with Crippen molar-refractivity contribution < 1.29 is 22.7 Å². The lowest BCUT2D eigenvalue weighted by molar-refractivity contribution is -0.137. The van der Waals surface area contributed by atoms with Gasteiger partial charge in [0.15, 0.2) is 5.69 Å². The standard InChI is InChI=1S/C19H13F3N4O2S2/c1-26-7-12(6-23-26)17-25-15(10-30-17)18(27)28-8-14-9-29-16(24-14)11-2-4-13(5-3-11)19(20,21)22/h2-7,9-10H,8H2,1H3. The second-order valence-electron chi connectivity index (χ2n) is 6.24. The first kappa shape index (κ1) is 20.2. The second-order valence-corrected chi connectivity index (χ2v) is 7.95. The lowest BCUT2D eigenvalue weighted by Crippen LogP contribution is -2.06. The monoisotopic (exact) mass is 450 g/mol. The van der Waals surface area contributed by atoms with Crippen molar-refractivity contribution in [1.29, 1.82) is 0 Å². The first-order chi connectivity index (χ1) is 14.3. The fourth-order valence-electron chi connectivity index (χ4n) is 2.55. The summed E-state index contributed by atoms with van der Waals surface area (Å²) in [5.41, 5.74) is 1.35. The maximum Gasteiger partial charge on any atom is 0.416 e. The Morgan fingerprint density at radius 2 is 1.77 bits per heavy atom. The lowest BCUT2D eigenvalue weighted by Gasteiger charge is -2.06. The third-order valence-corrected chi connectivity index (χ3v) is 5.86. The fraction of sp³-hybridized carbons (Fsp3) is 0.158. The molecule has 0 aliphatic heterocycles. The normalized spacial score (nSPS) is 11.6. The number of hydrogen-bond donors (Lipinski definition) is 0. The van der Waals surface area contributed by atoms with E-state index in [4.69, 9.17) is 4.74 Å². The summed E-state index contributed by atoms with van der Waals surface area (Å²) < 4.78 is 44.9. The summed E-state index contributed by atoms with van der Waals surface area (Å²) in [6, 6.07) is 4.76. The first-order valence-electron chi connectivity index (χ1n) is 8.53. The molecular weight excluding hydrogens is 437 g/mol. The van der Waals surface area contributed by atoms with Gasteiger partial charge in [0.1, 0.15) is 16.6 Å². The van der Waals surface area contributed by atoms with Gasteiger partial charge in [0.2, 0.25) is 0 Å². The van der Waals surface area contributed by atoms with Gasteiger partial charge in [-0.15, -0.1) is 22.7 Å². The van der Waals surface area contributed by atoms with Gasteiger partial charge in [0, 0.05) is 35.1 Å². The van der Waals surface area contributed by atoms with Crippen LogP contribution < -0.4 is 0 Å². The van der Waals surface area contributed by atoms with E-state index in [-0.39, 0.29) is 12.3 Å². The van der Waals surface area contributed by atoms with E-state index in [2.05, 4.69) is 15.1 Å². The third-order valence-electron chi connectivity index (χ3n) is 4.03. The molecule has 154 valence electrons. The zero-order valence-electron chi connectivity index (χ0n) is 15.4. The fourth-order valence-corrected chi connectivity index (χ4v) is 4.13. The third kappa shape index (κ3) is 4.41. The Hall–Kier alpha value is -3.05. The molecule has 0 saturated carbocycles. The van der Waals surface area contributed by atoms with Gasteiger partial charge in [0.05, 0.1) is 17.5 Å². The lowest BCUT2D eigenvalue weighted by atomic mass is 10.1. The van der Waals surface area contributed by atoms with Crippen molar-refractivity contribution in [2.24, 2.45) is 7.05 Å². The van der Waals surface area contributed by atoms with E-state index >= 15 is 0 Å². The second kappa shape index (κ2) is 8.00. The summed E-state index contributed by atoms with van der Waals surface area (Å²) in [5, 5.41) is 8.58. The average Bonchev–Trinajstić information content (AvgIpc) is 3.46. The highest BCUT2D eigenvalue weighted by Gasteiger charge is 2.30. The Bertz CT molecular complexity index is 1180. The maximum atomic E-state index is 12.7. The van der Waals surface area contributed by atoms with E-state index in [0.29, 0.717) is 21.3 Å². The topological polar surface area (TPSA) is 69.9 Å². The van der Waals surface area contributed by atoms with Gasteiger partial charge in [-0.1, -0.05) is 12.1 Å². The summed E-state index contributed by atoms with van der Waals surface area (Å²) in [4.78, 5) is 20.8. The van der Waals surface area contributed by atoms with Crippen LogP contribution in [-0.2, 0) is 24.6 Å². The Balaban J connectivity index is 1.38. The summed E-state index contributed by atoms with van der Waals surface area (Å²) in [6.07, 6.45) is -0.925. The number of carbonyl (C=O) groups excluding carboxylic acids is 1. The number of halogens is 3. The molecular formula is C19H13F3N4O2S2. The molecule has 30 heavy (non-hydrogen) atoms. The van der Waals surface area contributed by atoms with Crippen LogP contribution in [0.2, 0.25) is 0 Å². The van der Waals surface area contributed by atoms with Crippen molar-refractivity contribution in [3.8, 4) is 21.1 Å². The van der Waals surface area contributed by atoms with Gasteiger partial charge in [-0.25, -0.2) is 14.8 Å². The molecule has 0 radical (unpaired) electrons. The number of esters is 1. The van der Waals surface area contributed by atoms with Crippen molar-refractivity contribution in [1.82, 2.24) is 19.7 Å². The number of carbonyl (C=O) groups is 1. The molecule has 3 heterocycles. The van der Waals surface area contributed by atoms with Gasteiger partial charge >= 0.3 is 12.1 Å². The highest BCUT2D eigenvalue weighted by molar-refractivity contribution is 7.13. The number of ether oxygens (including phenoxy) is 1. The predicted octanol–water partition coefficient (Wildman–Crippen LogP) is 5.04. The molecule has 0 fully saturated rings. The Labute approximate surface area is 176 Å². The van der Waals surface area contributed by atoms with Gasteiger partial charge in [0.25, 0.3) is 0 Å². The van der Waals surface area contributed by atoms with E-state index < -0.39 is 17.7 Å². The molecule has 0 spiro atoms. The average molecular weight is 450 g/mol. The summed E-state index contributed by atoms with van der Waals surface area (Å²) in [7, 11) is 1.79. The van der Waals surface area contributed by atoms with Crippen molar-refractivity contribution in [2.45, 2.75) is 12.8 Å². The molecule has 0 amide bonds. The summed E-state index contributed by atoms with van der Waals surface area (Å²) >= 11 is 2.57. The molecule has 1 aromatic carbocycles. The number of aromatic nitrogens is 4. The Kier molecular flexibility index (Phi) is 5.39. The zero-order chi connectivity index (χ0) is 21.3. The predicted molar refractivity (Wildman–Crippen MR) is 106 cm³/mol. The van der Waals surface area contributed by atoms with Crippen molar-refractivity contribution >= 4 is 28.6 Å². The molecule has 0 aliphatic carbocycles. The SMILES string of the molecule is Cn1cc(-c2nc(C(=O)OCc3csc(-c4ccc(C(F)(F)F)cc4)n3)cs2)cn1. The van der Waals surface area contributed by atoms with E-state index in [0.717, 1.165) is 17.7 Å². The minimum absolute atomic E-state index is 0.0598. The van der Waals surface area contributed by atoms with Gasteiger partial charge in [-0.05, 0) is 12.1 Å². The molecule has 0 saturated heterocycles. The number of nitrogens with zero attached hydrogens (tertiary/aromatic N) is 4. The molecule has 4 aromatic rings. The number of alkyl halides is 3. The van der Waals surface area contributed by atoms with Crippen LogP contribution in [0.15, 0.2) is 47.4 Å². The van der Waals surface area contributed by atoms with E-state index in [1.165, 1.54) is 34.8 Å². The van der Waals surface area contributed by atoms with Crippen LogP contribution in [0.4, 0.5) is 13.2 Å². The molecule has 0 N–H and O–H groups in total. The molecule has 0 bridgehead atoms. The van der Waals surface area contributed by atoms with E-state index in [1.54, 1.807) is 34.9 Å². The van der Waals surface area contributed by atoms with Crippen LogP contribution in [0, 0.1) is 0 Å². The number of rotatable bonds is 5. The molecule has 11 heteroatoms. The number of hydrogen-bond acceptors (Lipinski definition) is 7. The Morgan fingerprint density at radius 3 is 2.43 bits per heavy atom. The molecule has 0 atom stereocenters. The molecule has 3 aromatic heterocycles. The highest BCUT2D eigenvalue weighted by atomic mass is 32.1. The molecule has 0 unspecified atom stereocenters. The number of thiazole rings is 2. The Morgan fingerprint density at radius 1 is 1.07 bits per heavy atom. The van der Waals surface area contributed by atoms with Gasteiger partial charge in [-0.3, -0.25) is 4.68 Å². The smallest absolute Gasteiger partial charge is 0.416 e. The maximum absolute atomic E-state index is 12.7. The summed E-state index contributed by atoms with van der Waals surface area (Å²) in [6.45, 7) is -0.0598. The first-order valence-corrected chi connectivity index (χ1v) is 10.3. The molecule has 4 rings (SSSR count). The number of aryl methyl sites for hydroxylation is 1. The minimum atomic E-state index is -4.38. The van der Waals surface area contributed by atoms with Crippen molar-refractivity contribution in [3.63, 3.8) is 0 Å². The van der Waals surface area contributed by atoms with Crippen LogP contribution in [-0.4, -0.2) is 25.7 Å². The van der Waals surface area contributed by atoms with Crippen LogP contribution >= 0.6 is 22.7 Å². The van der Waals surface area contributed by atoms with E-state index in [1.807, 2.05) is 0 Å². The van der Waals surface area contributed by atoms with Crippen LogP contribution in [0.5, 0.6) is 0 Å². The zero-order valence-corrected chi connectivity index (χ0v) is 17.0. The van der Waals surface area contributed by atoms with Gasteiger partial charge < -0.3 is 4.74 Å². The van der Waals surface area contributed by atoms with Crippen LogP contribution in [0.3, 0.4) is 0 Å². The largest absolute Gasteiger partial charge is 0.454 e. The van der Waals surface area contributed by atoms with E-state index in [9.17, 15) is 18.0 Å². The van der Waals surface area contributed by atoms with Crippen molar-refractivity contribution in [2.75, 3.05) is 0 Å². The van der Waals surface area contributed by atoms with Crippen LogP contribution in [0.1, 0.15) is 21.7 Å². The number of benzene rings is 1. The summed E-state index contributed by atoms with van der Waals surface area (Å²) in [5.74, 6) is -0.578. The minimum Gasteiger partial charge on any atom is -0.454 e. The molecule has 6 nitrogen and oxygen atoms in total.